The molecular formula is C17H36N2O. The van der Waals surface area contributed by atoms with E-state index in [1.165, 1.54) is 6.42 Å². The molecule has 1 amide bonds. The Morgan fingerprint density at radius 1 is 1.10 bits per heavy atom. The molecule has 0 saturated carbocycles. The molecule has 20 heavy (non-hydrogen) atoms. The van der Waals surface area contributed by atoms with E-state index in [0.29, 0.717) is 5.92 Å². The molecule has 0 aromatic carbocycles. The second-order valence-corrected chi connectivity index (χ2v) is 8.11. The fourth-order valence-corrected chi connectivity index (χ4v) is 2.45. The summed E-state index contributed by atoms with van der Waals surface area (Å²) < 4.78 is 0. The van der Waals surface area contributed by atoms with Crippen molar-refractivity contribution in [2.24, 2.45) is 11.8 Å². The topological polar surface area (TPSA) is 32.3 Å². The van der Waals surface area contributed by atoms with Crippen LogP contribution in [0.5, 0.6) is 0 Å². The molecule has 0 atom stereocenters. The third-order valence-electron chi connectivity index (χ3n) is 4.00. The molecule has 0 bridgehead atoms. The second-order valence-electron chi connectivity index (χ2n) is 8.11. The molecule has 0 fully saturated rings. The lowest BCUT2D eigenvalue weighted by atomic mass is 9.90. The standard InChI is InChI=1S/C17H36N2O/c1-13(2)12-17(7,8)19(9)11-10-16(5,6)18-15(20)14(3)4/h13-14H,10-12H2,1-9H3,(H,18,20). The highest BCUT2D eigenvalue weighted by molar-refractivity contribution is 5.78. The Kier molecular flexibility index (Phi) is 7.23. The number of hydrogen-bond acceptors (Lipinski definition) is 2. The molecule has 0 aliphatic heterocycles. The Balaban J connectivity index is 4.41. The first-order chi connectivity index (χ1) is 8.87. The lowest BCUT2D eigenvalue weighted by Crippen LogP contribution is -2.49. The van der Waals surface area contributed by atoms with Gasteiger partial charge in [0.1, 0.15) is 0 Å². The van der Waals surface area contributed by atoms with Crippen LogP contribution in [0.15, 0.2) is 0 Å². The average Bonchev–Trinajstić information content (AvgIpc) is 2.23. The van der Waals surface area contributed by atoms with E-state index in [0.717, 1.165) is 13.0 Å². The minimum Gasteiger partial charge on any atom is -0.351 e. The van der Waals surface area contributed by atoms with Gasteiger partial charge in [0.05, 0.1) is 0 Å². The van der Waals surface area contributed by atoms with Gasteiger partial charge < -0.3 is 10.2 Å². The van der Waals surface area contributed by atoms with Gasteiger partial charge in [-0.05, 0) is 53.5 Å². The van der Waals surface area contributed by atoms with Crippen molar-refractivity contribution in [2.45, 2.75) is 79.3 Å². The summed E-state index contributed by atoms with van der Waals surface area (Å²) in [4.78, 5) is 14.2. The Labute approximate surface area is 126 Å². The van der Waals surface area contributed by atoms with Gasteiger partial charge in [0.15, 0.2) is 0 Å². The first-order valence-electron chi connectivity index (χ1n) is 7.90. The fraction of sp³-hybridized carbons (Fsp3) is 0.941. The largest absolute Gasteiger partial charge is 0.351 e. The highest BCUT2D eigenvalue weighted by Gasteiger charge is 2.27. The van der Waals surface area contributed by atoms with Gasteiger partial charge in [-0.25, -0.2) is 0 Å². The molecule has 0 aromatic heterocycles. The van der Waals surface area contributed by atoms with E-state index in [1.54, 1.807) is 0 Å². The van der Waals surface area contributed by atoms with E-state index < -0.39 is 0 Å². The van der Waals surface area contributed by atoms with E-state index in [1.807, 2.05) is 13.8 Å². The Morgan fingerprint density at radius 2 is 1.60 bits per heavy atom. The molecule has 0 aliphatic rings. The van der Waals surface area contributed by atoms with Gasteiger partial charge in [0.25, 0.3) is 0 Å². The zero-order chi connectivity index (χ0) is 16.1. The van der Waals surface area contributed by atoms with Crippen molar-refractivity contribution in [1.29, 1.82) is 0 Å². The smallest absolute Gasteiger partial charge is 0.222 e. The minimum absolute atomic E-state index is 0.0457. The van der Waals surface area contributed by atoms with Gasteiger partial charge in [0.2, 0.25) is 5.91 Å². The van der Waals surface area contributed by atoms with Crippen molar-refractivity contribution in [3.63, 3.8) is 0 Å². The predicted molar refractivity (Wildman–Crippen MR) is 87.8 cm³/mol. The van der Waals surface area contributed by atoms with Gasteiger partial charge >= 0.3 is 0 Å². The molecule has 0 aliphatic carbocycles. The Hall–Kier alpha value is -0.570. The van der Waals surface area contributed by atoms with E-state index >= 15 is 0 Å². The molecule has 0 unspecified atom stereocenters. The van der Waals surface area contributed by atoms with Crippen molar-refractivity contribution in [3.8, 4) is 0 Å². The molecule has 0 radical (unpaired) electrons. The zero-order valence-electron chi connectivity index (χ0n) is 15.1. The maximum atomic E-state index is 11.8. The Bertz CT molecular complexity index is 306. The first-order valence-corrected chi connectivity index (χ1v) is 7.90. The number of rotatable bonds is 8. The molecule has 1 N–H and O–H groups in total. The van der Waals surface area contributed by atoms with Crippen molar-refractivity contribution < 1.29 is 4.79 Å². The lowest BCUT2D eigenvalue weighted by molar-refractivity contribution is -0.125. The zero-order valence-corrected chi connectivity index (χ0v) is 15.1. The summed E-state index contributed by atoms with van der Waals surface area (Å²) >= 11 is 0. The van der Waals surface area contributed by atoms with Crippen molar-refractivity contribution in [2.75, 3.05) is 13.6 Å². The van der Waals surface area contributed by atoms with Crippen LogP contribution in [0.25, 0.3) is 0 Å². The van der Waals surface area contributed by atoms with Crippen LogP contribution in [0, 0.1) is 11.8 Å². The van der Waals surface area contributed by atoms with E-state index in [2.05, 4.69) is 58.8 Å². The van der Waals surface area contributed by atoms with Gasteiger partial charge in [-0.2, -0.15) is 0 Å². The van der Waals surface area contributed by atoms with Gasteiger partial charge in [-0.1, -0.05) is 27.7 Å². The first kappa shape index (κ1) is 19.4. The summed E-state index contributed by atoms with van der Waals surface area (Å²) in [6, 6.07) is 0. The third kappa shape index (κ3) is 7.28. The molecule has 3 heteroatoms. The van der Waals surface area contributed by atoms with E-state index in [4.69, 9.17) is 0 Å². The van der Waals surface area contributed by atoms with E-state index in [9.17, 15) is 4.79 Å². The van der Waals surface area contributed by atoms with Crippen LogP contribution < -0.4 is 5.32 Å². The summed E-state index contributed by atoms with van der Waals surface area (Å²) in [5.74, 6) is 0.879. The van der Waals surface area contributed by atoms with Crippen molar-refractivity contribution in [3.05, 3.63) is 0 Å². The SMILES string of the molecule is CC(C)CC(C)(C)N(C)CCC(C)(C)NC(=O)C(C)C. The van der Waals surface area contributed by atoms with Crippen LogP contribution in [0.3, 0.4) is 0 Å². The summed E-state index contributed by atoms with van der Waals surface area (Å²) in [6.07, 6.45) is 2.14. The minimum atomic E-state index is -0.149. The van der Waals surface area contributed by atoms with Crippen LogP contribution in [-0.4, -0.2) is 35.5 Å². The summed E-state index contributed by atoms with van der Waals surface area (Å²) in [6.45, 7) is 18.2. The number of amides is 1. The summed E-state index contributed by atoms with van der Waals surface area (Å²) in [5.41, 5.74) is 0.0514. The lowest BCUT2D eigenvalue weighted by Gasteiger charge is -2.39. The quantitative estimate of drug-likeness (QED) is 0.737. The number of nitrogens with one attached hydrogen (secondary N) is 1. The van der Waals surface area contributed by atoms with Gasteiger partial charge in [-0.3, -0.25) is 4.79 Å². The van der Waals surface area contributed by atoms with Crippen molar-refractivity contribution in [1.82, 2.24) is 10.2 Å². The van der Waals surface area contributed by atoms with Crippen LogP contribution >= 0.6 is 0 Å². The molecule has 3 nitrogen and oxygen atoms in total. The fourth-order valence-electron chi connectivity index (χ4n) is 2.45. The molecule has 0 aromatic rings. The third-order valence-corrected chi connectivity index (χ3v) is 4.00. The predicted octanol–water partition coefficient (Wildman–Crippen LogP) is 3.68. The molecular weight excluding hydrogens is 248 g/mol. The highest BCUT2D eigenvalue weighted by atomic mass is 16.2. The maximum Gasteiger partial charge on any atom is 0.222 e. The van der Waals surface area contributed by atoms with Gasteiger partial charge in [0, 0.05) is 23.5 Å². The highest BCUT2D eigenvalue weighted by Crippen LogP contribution is 2.23. The Morgan fingerprint density at radius 3 is 2.00 bits per heavy atom. The van der Waals surface area contributed by atoms with Crippen molar-refractivity contribution >= 4 is 5.91 Å². The molecule has 120 valence electrons. The van der Waals surface area contributed by atoms with Gasteiger partial charge in [-0.15, -0.1) is 0 Å². The average molecular weight is 284 g/mol. The van der Waals surface area contributed by atoms with Crippen LogP contribution in [0.4, 0.5) is 0 Å². The summed E-state index contributed by atoms with van der Waals surface area (Å²) in [7, 11) is 2.18. The van der Waals surface area contributed by atoms with Crippen LogP contribution in [-0.2, 0) is 4.79 Å². The number of carbonyl (C=O) groups is 1. The summed E-state index contributed by atoms with van der Waals surface area (Å²) in [5, 5.41) is 3.14. The molecule has 0 spiro atoms. The van der Waals surface area contributed by atoms with E-state index in [-0.39, 0.29) is 22.9 Å². The normalized spacial score (nSPS) is 13.4. The second kappa shape index (κ2) is 7.44. The number of hydrogen-bond donors (Lipinski definition) is 1. The maximum absolute atomic E-state index is 11.8. The molecule has 0 heterocycles. The van der Waals surface area contributed by atoms with Crippen LogP contribution in [0.1, 0.15) is 68.2 Å². The monoisotopic (exact) mass is 284 g/mol. The molecule has 0 rings (SSSR count). The number of nitrogens with zero attached hydrogens (tertiary/aromatic N) is 1. The number of carbonyl (C=O) groups excluding carboxylic acids is 1. The molecule has 0 saturated heterocycles. The van der Waals surface area contributed by atoms with Crippen LogP contribution in [0.2, 0.25) is 0 Å².